The average molecular weight is 372 g/mol. The lowest BCUT2D eigenvalue weighted by Crippen LogP contribution is -2.22. The molecule has 1 aromatic carbocycles. The molecular formula is C15H18FN3OS3. The van der Waals surface area contributed by atoms with E-state index in [1.165, 1.54) is 35.2 Å². The first-order valence-corrected chi connectivity index (χ1v) is 9.82. The predicted molar refractivity (Wildman–Crippen MR) is 95.8 cm³/mol. The van der Waals surface area contributed by atoms with E-state index in [9.17, 15) is 9.18 Å². The molecular weight excluding hydrogens is 353 g/mol. The Balaban J connectivity index is 1.90. The monoisotopic (exact) mass is 371 g/mol. The zero-order valence-electron chi connectivity index (χ0n) is 13.1. The molecule has 1 N–H and O–H groups in total. The quantitative estimate of drug-likeness (QED) is 0.724. The Morgan fingerprint density at radius 1 is 1.26 bits per heavy atom. The molecule has 1 amide bonds. The number of anilines is 1. The number of nitrogens with zero attached hydrogens (tertiary/aromatic N) is 2. The molecule has 2 aromatic rings. The van der Waals surface area contributed by atoms with Crippen LogP contribution in [0.1, 0.15) is 20.8 Å². The number of carbonyl (C=O) groups is 1. The van der Waals surface area contributed by atoms with Crippen molar-refractivity contribution in [3.05, 3.63) is 30.1 Å². The number of para-hydroxylation sites is 1. The van der Waals surface area contributed by atoms with Gasteiger partial charge in [-0.2, -0.15) is 0 Å². The molecule has 124 valence electrons. The summed E-state index contributed by atoms with van der Waals surface area (Å²) < 4.78 is 15.2. The largest absolute Gasteiger partial charge is 0.323 e. The summed E-state index contributed by atoms with van der Waals surface area (Å²) in [5.41, 5.74) is 0.190. The predicted octanol–water partition coefficient (Wildman–Crippen LogP) is 4.54. The third kappa shape index (κ3) is 5.78. The maximum absolute atomic E-state index is 13.5. The number of benzene rings is 1. The van der Waals surface area contributed by atoms with Crippen molar-refractivity contribution in [3.63, 3.8) is 0 Å². The van der Waals surface area contributed by atoms with Crippen LogP contribution in [0, 0.1) is 11.7 Å². The van der Waals surface area contributed by atoms with Crippen molar-refractivity contribution in [2.75, 3.05) is 11.1 Å². The van der Waals surface area contributed by atoms with Gasteiger partial charge in [0.2, 0.25) is 5.91 Å². The fourth-order valence-electron chi connectivity index (χ4n) is 1.54. The lowest BCUT2D eigenvalue weighted by Gasteiger charge is -2.10. The lowest BCUT2D eigenvalue weighted by atomic mass is 10.3. The Hall–Kier alpha value is -1.12. The van der Waals surface area contributed by atoms with Crippen molar-refractivity contribution >= 4 is 46.5 Å². The summed E-state index contributed by atoms with van der Waals surface area (Å²) in [7, 11) is 0. The van der Waals surface area contributed by atoms with Crippen LogP contribution < -0.4 is 5.32 Å². The van der Waals surface area contributed by atoms with E-state index in [-0.39, 0.29) is 16.8 Å². The first-order chi connectivity index (χ1) is 11.0. The number of carbonyl (C=O) groups excluding carboxylic acids is 1. The molecule has 0 aliphatic heterocycles. The molecule has 0 bridgehead atoms. The van der Waals surface area contributed by atoms with Gasteiger partial charge >= 0.3 is 0 Å². The van der Waals surface area contributed by atoms with Gasteiger partial charge in [-0.25, -0.2) is 4.39 Å². The molecule has 0 saturated heterocycles. The second kappa shape index (κ2) is 8.65. The molecule has 0 fully saturated rings. The van der Waals surface area contributed by atoms with Crippen LogP contribution >= 0.6 is 34.9 Å². The first-order valence-electron chi connectivity index (χ1n) is 7.14. The molecule has 1 heterocycles. The normalized spacial score (nSPS) is 12.4. The molecule has 1 unspecified atom stereocenters. The van der Waals surface area contributed by atoms with Crippen molar-refractivity contribution in [1.29, 1.82) is 0 Å². The fourth-order valence-corrected chi connectivity index (χ4v) is 4.68. The Morgan fingerprint density at radius 2 is 1.96 bits per heavy atom. The summed E-state index contributed by atoms with van der Waals surface area (Å²) in [5.74, 6) is 0.876. The minimum atomic E-state index is -0.443. The highest BCUT2D eigenvalue weighted by Crippen LogP contribution is 2.32. The number of nitrogens with one attached hydrogen (secondary N) is 1. The van der Waals surface area contributed by atoms with E-state index in [0.717, 1.165) is 14.4 Å². The van der Waals surface area contributed by atoms with Crippen LogP contribution in [0.3, 0.4) is 0 Å². The molecule has 8 heteroatoms. The van der Waals surface area contributed by atoms with E-state index >= 15 is 0 Å². The molecule has 0 radical (unpaired) electrons. The van der Waals surface area contributed by atoms with Crippen molar-refractivity contribution in [2.45, 2.75) is 34.7 Å². The standard InChI is InChI=1S/C15H18FN3OS3/c1-9(2)8-21-14-18-19-15(23-14)22-10(3)13(20)17-12-7-5-4-6-11(12)16/h4-7,9-10H,8H2,1-3H3,(H,17,20). The molecule has 0 saturated carbocycles. The van der Waals surface area contributed by atoms with E-state index in [1.807, 2.05) is 0 Å². The minimum Gasteiger partial charge on any atom is -0.323 e. The summed E-state index contributed by atoms with van der Waals surface area (Å²) in [6.45, 7) is 6.07. The molecule has 0 aliphatic carbocycles. The Labute approximate surface area is 147 Å². The van der Waals surface area contributed by atoms with Crippen molar-refractivity contribution in [2.24, 2.45) is 5.92 Å². The topological polar surface area (TPSA) is 54.9 Å². The highest BCUT2D eigenvalue weighted by molar-refractivity contribution is 8.03. The Morgan fingerprint density at radius 3 is 2.65 bits per heavy atom. The van der Waals surface area contributed by atoms with Gasteiger partial charge < -0.3 is 5.32 Å². The van der Waals surface area contributed by atoms with Gasteiger partial charge in [-0.1, -0.05) is 60.8 Å². The van der Waals surface area contributed by atoms with Crippen LogP contribution in [-0.4, -0.2) is 27.1 Å². The van der Waals surface area contributed by atoms with Gasteiger partial charge in [0, 0.05) is 5.75 Å². The van der Waals surface area contributed by atoms with Crippen LogP contribution in [0.4, 0.5) is 10.1 Å². The summed E-state index contributed by atoms with van der Waals surface area (Å²) in [5, 5.41) is 10.4. The maximum atomic E-state index is 13.5. The number of rotatable bonds is 7. The molecule has 0 aliphatic rings. The van der Waals surface area contributed by atoms with Crippen LogP contribution in [0.15, 0.2) is 32.9 Å². The van der Waals surface area contributed by atoms with Gasteiger partial charge in [-0.05, 0) is 25.0 Å². The van der Waals surface area contributed by atoms with E-state index in [2.05, 4.69) is 29.4 Å². The first kappa shape index (κ1) is 18.2. The van der Waals surface area contributed by atoms with Crippen molar-refractivity contribution in [1.82, 2.24) is 10.2 Å². The van der Waals surface area contributed by atoms with Gasteiger partial charge in [0.15, 0.2) is 8.68 Å². The van der Waals surface area contributed by atoms with Gasteiger partial charge in [-0.15, -0.1) is 10.2 Å². The van der Waals surface area contributed by atoms with E-state index in [0.29, 0.717) is 5.92 Å². The van der Waals surface area contributed by atoms with Crippen LogP contribution in [0.25, 0.3) is 0 Å². The second-order valence-electron chi connectivity index (χ2n) is 5.27. The molecule has 4 nitrogen and oxygen atoms in total. The highest BCUT2D eigenvalue weighted by Gasteiger charge is 2.18. The van der Waals surface area contributed by atoms with Crippen LogP contribution in [0.2, 0.25) is 0 Å². The van der Waals surface area contributed by atoms with Gasteiger partial charge in [0.05, 0.1) is 10.9 Å². The van der Waals surface area contributed by atoms with E-state index in [1.54, 1.807) is 30.8 Å². The maximum Gasteiger partial charge on any atom is 0.237 e. The smallest absolute Gasteiger partial charge is 0.237 e. The third-order valence-corrected chi connectivity index (χ3v) is 6.37. The number of amides is 1. The zero-order chi connectivity index (χ0) is 16.8. The molecule has 1 aromatic heterocycles. The third-order valence-electron chi connectivity index (χ3n) is 2.71. The van der Waals surface area contributed by atoms with Crippen LogP contribution in [-0.2, 0) is 4.79 Å². The number of hydrogen-bond donors (Lipinski definition) is 1. The number of hydrogen-bond acceptors (Lipinski definition) is 6. The van der Waals surface area contributed by atoms with Gasteiger partial charge in [0.25, 0.3) is 0 Å². The summed E-state index contributed by atoms with van der Waals surface area (Å²) in [6, 6.07) is 6.12. The van der Waals surface area contributed by atoms with Crippen molar-refractivity contribution < 1.29 is 9.18 Å². The summed E-state index contributed by atoms with van der Waals surface area (Å²) in [4.78, 5) is 12.1. The molecule has 0 spiro atoms. The molecule has 2 rings (SSSR count). The van der Waals surface area contributed by atoms with Gasteiger partial charge in [0.1, 0.15) is 5.82 Å². The lowest BCUT2D eigenvalue weighted by molar-refractivity contribution is -0.115. The highest BCUT2D eigenvalue weighted by atomic mass is 32.2. The summed E-state index contributed by atoms with van der Waals surface area (Å²) in [6.07, 6.45) is 0. The van der Waals surface area contributed by atoms with Crippen LogP contribution in [0.5, 0.6) is 0 Å². The summed E-state index contributed by atoms with van der Waals surface area (Å²) >= 11 is 4.48. The molecule has 23 heavy (non-hydrogen) atoms. The molecule has 1 atom stereocenters. The number of aromatic nitrogens is 2. The second-order valence-corrected chi connectivity index (χ2v) is 9.10. The van der Waals surface area contributed by atoms with E-state index in [4.69, 9.17) is 0 Å². The number of halogens is 1. The SMILES string of the molecule is CC(C)CSc1nnc(SC(C)C(=O)Nc2ccccc2F)s1. The fraction of sp³-hybridized carbons (Fsp3) is 0.400. The average Bonchev–Trinajstić information content (AvgIpc) is 2.95. The zero-order valence-corrected chi connectivity index (χ0v) is 15.5. The Bertz CT molecular complexity index is 663. The van der Waals surface area contributed by atoms with E-state index < -0.39 is 5.82 Å². The van der Waals surface area contributed by atoms with Crippen molar-refractivity contribution in [3.8, 4) is 0 Å². The minimum absolute atomic E-state index is 0.190. The number of thioether (sulfide) groups is 2. The Kier molecular flexibility index (Phi) is 6.86. The van der Waals surface area contributed by atoms with Gasteiger partial charge in [-0.3, -0.25) is 4.79 Å².